The number of hydrogen-bond acceptors (Lipinski definition) is 5. The van der Waals surface area contributed by atoms with Crippen LogP contribution in [-0.2, 0) is 19.1 Å². The smallest absolute Gasteiger partial charge is 0.338 e. The number of benzene rings is 2. The first kappa shape index (κ1) is 21.1. The molecular weight excluding hydrogens is 430 g/mol. The summed E-state index contributed by atoms with van der Waals surface area (Å²) in [7, 11) is 0. The van der Waals surface area contributed by atoms with Crippen LogP contribution >= 0.6 is 15.9 Å². The van der Waals surface area contributed by atoms with Crippen molar-refractivity contribution in [3.8, 4) is 0 Å². The molecule has 9 heteroatoms. The highest BCUT2D eigenvalue weighted by Crippen LogP contribution is 2.20. The van der Waals surface area contributed by atoms with Gasteiger partial charge < -0.3 is 20.7 Å². The summed E-state index contributed by atoms with van der Waals surface area (Å²) in [4.78, 5) is 46.5. The van der Waals surface area contributed by atoms with Gasteiger partial charge in [0.05, 0.1) is 17.8 Å². The Morgan fingerprint density at radius 1 is 0.929 bits per heavy atom. The molecule has 0 saturated heterocycles. The second kappa shape index (κ2) is 10.2. The quantitative estimate of drug-likeness (QED) is 0.563. The van der Waals surface area contributed by atoms with Gasteiger partial charge in [0.1, 0.15) is 0 Å². The van der Waals surface area contributed by atoms with E-state index in [1.54, 1.807) is 30.3 Å². The lowest BCUT2D eigenvalue weighted by Gasteiger charge is -2.09. The van der Waals surface area contributed by atoms with E-state index in [2.05, 4.69) is 31.9 Å². The largest absolute Gasteiger partial charge is 0.452 e. The Balaban J connectivity index is 1.74. The summed E-state index contributed by atoms with van der Waals surface area (Å²) in [5.74, 6) is -1.94. The fourth-order valence-electron chi connectivity index (χ4n) is 2.09. The number of amides is 3. The summed E-state index contributed by atoms with van der Waals surface area (Å²) in [6.45, 7) is 0.595. The molecule has 0 aliphatic rings. The summed E-state index contributed by atoms with van der Waals surface area (Å²) in [5, 5.41) is 7.58. The third-order valence-electron chi connectivity index (χ3n) is 3.37. The molecule has 2 aromatic rings. The van der Waals surface area contributed by atoms with E-state index in [1.165, 1.54) is 19.1 Å². The predicted octanol–water partition coefficient (Wildman–Crippen LogP) is 2.32. The van der Waals surface area contributed by atoms with Crippen molar-refractivity contribution in [2.45, 2.75) is 6.92 Å². The van der Waals surface area contributed by atoms with Crippen LogP contribution in [-0.4, -0.2) is 36.8 Å². The molecule has 0 fully saturated rings. The summed E-state index contributed by atoms with van der Waals surface area (Å²) in [6.07, 6.45) is 0. The van der Waals surface area contributed by atoms with Crippen molar-refractivity contribution < 1.29 is 23.9 Å². The zero-order chi connectivity index (χ0) is 20.5. The van der Waals surface area contributed by atoms with E-state index in [0.29, 0.717) is 15.8 Å². The number of anilines is 2. The minimum Gasteiger partial charge on any atom is -0.452 e. The Morgan fingerprint density at radius 3 is 2.25 bits per heavy atom. The van der Waals surface area contributed by atoms with Crippen molar-refractivity contribution in [2.24, 2.45) is 0 Å². The predicted molar refractivity (Wildman–Crippen MR) is 107 cm³/mol. The molecule has 0 aliphatic heterocycles. The minimum atomic E-state index is -0.692. The molecule has 3 amide bonds. The Kier molecular flexibility index (Phi) is 7.70. The Hall–Kier alpha value is -3.20. The van der Waals surface area contributed by atoms with E-state index in [4.69, 9.17) is 4.74 Å². The number of esters is 1. The van der Waals surface area contributed by atoms with Gasteiger partial charge in [-0.25, -0.2) is 4.79 Å². The molecule has 2 rings (SSSR count). The fraction of sp³-hybridized carbons (Fsp3) is 0.158. The lowest BCUT2D eigenvalue weighted by molar-refractivity contribution is -0.126. The number of carbonyl (C=O) groups excluding carboxylic acids is 4. The summed E-state index contributed by atoms with van der Waals surface area (Å²) < 4.78 is 5.62. The van der Waals surface area contributed by atoms with E-state index < -0.39 is 24.4 Å². The highest BCUT2D eigenvalue weighted by Gasteiger charge is 2.12. The Morgan fingerprint density at radius 2 is 1.61 bits per heavy atom. The molecule has 0 spiro atoms. The van der Waals surface area contributed by atoms with Crippen LogP contribution in [0.25, 0.3) is 0 Å². The monoisotopic (exact) mass is 447 g/mol. The molecule has 0 radical (unpaired) electrons. The standard InChI is InChI=1S/C19H18BrN3O5/c1-12(24)22-14-8-6-13(7-9-14)19(27)28-11-18(26)21-10-17(25)23-16-5-3-2-4-15(16)20/h2-9H,10-11H2,1H3,(H,21,26)(H,22,24)(H,23,25). The number of halogens is 1. The van der Waals surface area contributed by atoms with Gasteiger partial charge in [0.15, 0.2) is 6.61 Å². The number of hydrogen-bond donors (Lipinski definition) is 3. The maximum Gasteiger partial charge on any atom is 0.338 e. The first-order valence-electron chi connectivity index (χ1n) is 8.21. The fourth-order valence-corrected chi connectivity index (χ4v) is 2.48. The topological polar surface area (TPSA) is 114 Å². The van der Waals surface area contributed by atoms with Crippen molar-refractivity contribution in [1.82, 2.24) is 5.32 Å². The molecule has 28 heavy (non-hydrogen) atoms. The molecule has 3 N–H and O–H groups in total. The van der Waals surface area contributed by atoms with Crippen LogP contribution in [0.1, 0.15) is 17.3 Å². The molecule has 0 aliphatic carbocycles. The van der Waals surface area contributed by atoms with E-state index in [1.807, 2.05) is 6.07 Å². The molecular formula is C19H18BrN3O5. The molecule has 0 unspecified atom stereocenters. The molecule has 146 valence electrons. The second-order valence-corrected chi connectivity index (χ2v) is 6.49. The lowest BCUT2D eigenvalue weighted by atomic mass is 10.2. The minimum absolute atomic E-state index is 0.226. The molecule has 0 heterocycles. The van der Waals surface area contributed by atoms with Gasteiger partial charge in [0, 0.05) is 17.1 Å². The van der Waals surface area contributed by atoms with Crippen molar-refractivity contribution in [2.75, 3.05) is 23.8 Å². The molecule has 0 bridgehead atoms. The van der Waals surface area contributed by atoms with Gasteiger partial charge in [-0.3, -0.25) is 14.4 Å². The first-order valence-corrected chi connectivity index (χ1v) is 9.00. The van der Waals surface area contributed by atoms with Crippen LogP contribution in [0.4, 0.5) is 11.4 Å². The second-order valence-electron chi connectivity index (χ2n) is 5.64. The van der Waals surface area contributed by atoms with Gasteiger partial charge in [0.25, 0.3) is 5.91 Å². The zero-order valence-corrected chi connectivity index (χ0v) is 16.5. The number of carbonyl (C=O) groups is 4. The summed E-state index contributed by atoms with van der Waals surface area (Å²) in [6, 6.07) is 13.1. The third-order valence-corrected chi connectivity index (χ3v) is 4.06. The number of ether oxygens (including phenoxy) is 1. The van der Waals surface area contributed by atoms with Gasteiger partial charge in [-0.15, -0.1) is 0 Å². The van der Waals surface area contributed by atoms with Crippen LogP contribution in [0.5, 0.6) is 0 Å². The SMILES string of the molecule is CC(=O)Nc1ccc(C(=O)OCC(=O)NCC(=O)Nc2ccccc2Br)cc1. The lowest BCUT2D eigenvalue weighted by Crippen LogP contribution is -2.35. The van der Waals surface area contributed by atoms with Gasteiger partial charge in [0.2, 0.25) is 11.8 Å². The average molecular weight is 448 g/mol. The van der Waals surface area contributed by atoms with E-state index in [0.717, 1.165) is 0 Å². The van der Waals surface area contributed by atoms with E-state index in [9.17, 15) is 19.2 Å². The van der Waals surface area contributed by atoms with Gasteiger partial charge in [-0.1, -0.05) is 12.1 Å². The molecule has 0 saturated carbocycles. The molecule has 0 aromatic heterocycles. The van der Waals surface area contributed by atoms with Crippen LogP contribution in [0.15, 0.2) is 53.0 Å². The summed E-state index contributed by atoms with van der Waals surface area (Å²) >= 11 is 3.30. The highest BCUT2D eigenvalue weighted by molar-refractivity contribution is 9.10. The maximum absolute atomic E-state index is 11.9. The molecule has 2 aromatic carbocycles. The van der Waals surface area contributed by atoms with Crippen LogP contribution in [0.3, 0.4) is 0 Å². The average Bonchev–Trinajstić information content (AvgIpc) is 2.66. The van der Waals surface area contributed by atoms with Crippen molar-refractivity contribution in [3.63, 3.8) is 0 Å². The van der Waals surface area contributed by atoms with Gasteiger partial charge >= 0.3 is 5.97 Å². The molecule has 8 nitrogen and oxygen atoms in total. The molecule has 0 atom stereocenters. The Labute approximate surface area is 169 Å². The Bertz CT molecular complexity index is 883. The first-order chi connectivity index (χ1) is 13.3. The third kappa shape index (κ3) is 6.84. The zero-order valence-electron chi connectivity index (χ0n) is 15.0. The van der Waals surface area contributed by atoms with E-state index in [-0.39, 0.29) is 18.0 Å². The van der Waals surface area contributed by atoms with E-state index >= 15 is 0 Å². The van der Waals surface area contributed by atoms with Crippen molar-refractivity contribution in [3.05, 3.63) is 58.6 Å². The summed E-state index contributed by atoms with van der Waals surface area (Å²) in [5.41, 5.74) is 1.35. The number of nitrogens with one attached hydrogen (secondary N) is 3. The van der Waals surface area contributed by atoms with Crippen LogP contribution < -0.4 is 16.0 Å². The van der Waals surface area contributed by atoms with Gasteiger partial charge in [-0.2, -0.15) is 0 Å². The maximum atomic E-state index is 11.9. The van der Waals surface area contributed by atoms with Gasteiger partial charge in [-0.05, 0) is 52.3 Å². The van der Waals surface area contributed by atoms with Crippen LogP contribution in [0, 0.1) is 0 Å². The van der Waals surface area contributed by atoms with Crippen molar-refractivity contribution >= 4 is 51.0 Å². The van der Waals surface area contributed by atoms with Crippen molar-refractivity contribution in [1.29, 1.82) is 0 Å². The number of rotatable bonds is 7. The number of para-hydroxylation sites is 1. The normalized spacial score (nSPS) is 9.93. The highest BCUT2D eigenvalue weighted by atomic mass is 79.9. The van der Waals surface area contributed by atoms with Crippen LogP contribution in [0.2, 0.25) is 0 Å².